The molecule has 0 amide bonds. The van der Waals surface area contributed by atoms with Crippen LogP contribution in [-0.2, 0) is 4.74 Å². The van der Waals surface area contributed by atoms with Gasteiger partial charge >= 0.3 is 0 Å². The van der Waals surface area contributed by atoms with Crippen LogP contribution in [0.1, 0.15) is 40.0 Å². The molecule has 0 saturated carbocycles. The quantitative estimate of drug-likeness (QED) is 0.709. The molecule has 1 heterocycles. The first-order valence-electron chi connectivity index (χ1n) is 6.06. The molecule has 0 spiro atoms. The maximum Gasteiger partial charge on any atom is 0.0616 e. The fourth-order valence-corrected chi connectivity index (χ4v) is 2.09. The van der Waals surface area contributed by atoms with E-state index in [9.17, 15) is 0 Å². The minimum absolute atomic E-state index is 0.527. The van der Waals surface area contributed by atoms with Gasteiger partial charge in [0.25, 0.3) is 0 Å². The van der Waals surface area contributed by atoms with Gasteiger partial charge in [-0.1, -0.05) is 27.2 Å². The molecule has 0 aromatic heterocycles. The van der Waals surface area contributed by atoms with E-state index in [0.717, 1.165) is 31.5 Å². The van der Waals surface area contributed by atoms with E-state index in [-0.39, 0.29) is 0 Å². The minimum atomic E-state index is 0.527. The molecule has 1 rings (SSSR count). The van der Waals surface area contributed by atoms with E-state index in [0.29, 0.717) is 6.10 Å². The van der Waals surface area contributed by atoms with Crippen molar-refractivity contribution in [1.29, 1.82) is 0 Å². The molecule has 84 valence electrons. The first-order chi connectivity index (χ1) is 6.74. The molecule has 0 radical (unpaired) electrons. The predicted octanol–water partition coefficient (Wildman–Crippen LogP) is 2.44. The molecule has 0 aromatic rings. The fourth-order valence-electron chi connectivity index (χ4n) is 2.09. The van der Waals surface area contributed by atoms with Gasteiger partial charge in [-0.15, -0.1) is 0 Å². The molecule has 2 atom stereocenters. The Morgan fingerprint density at radius 1 is 1.43 bits per heavy atom. The molecule has 2 nitrogen and oxygen atoms in total. The van der Waals surface area contributed by atoms with Crippen LogP contribution in [0.15, 0.2) is 0 Å². The third-order valence-corrected chi connectivity index (χ3v) is 2.88. The summed E-state index contributed by atoms with van der Waals surface area (Å²) >= 11 is 0. The van der Waals surface area contributed by atoms with E-state index in [1.54, 1.807) is 0 Å². The molecule has 2 heteroatoms. The topological polar surface area (TPSA) is 21.3 Å². The second-order valence-corrected chi connectivity index (χ2v) is 4.80. The largest absolute Gasteiger partial charge is 0.378 e. The maximum atomic E-state index is 5.72. The summed E-state index contributed by atoms with van der Waals surface area (Å²) in [5.74, 6) is 1.51. The van der Waals surface area contributed by atoms with Crippen LogP contribution in [0.25, 0.3) is 0 Å². The average molecular weight is 199 g/mol. The summed E-state index contributed by atoms with van der Waals surface area (Å²) in [6.07, 6.45) is 4.24. The molecule has 14 heavy (non-hydrogen) atoms. The van der Waals surface area contributed by atoms with E-state index in [2.05, 4.69) is 26.1 Å². The summed E-state index contributed by atoms with van der Waals surface area (Å²) in [6, 6.07) is 0. The van der Waals surface area contributed by atoms with Gasteiger partial charge in [0.05, 0.1) is 6.10 Å². The molecule has 0 aliphatic carbocycles. The average Bonchev–Trinajstić information content (AvgIpc) is 2.53. The summed E-state index contributed by atoms with van der Waals surface area (Å²) in [4.78, 5) is 0. The second kappa shape index (κ2) is 6.41. The maximum absolute atomic E-state index is 5.72. The summed E-state index contributed by atoms with van der Waals surface area (Å²) in [5.41, 5.74) is 0. The molecular formula is C12H25NO. The molecule has 1 N–H and O–H groups in total. The lowest BCUT2D eigenvalue weighted by atomic mass is 9.98. The Bertz CT molecular complexity index is 147. The van der Waals surface area contributed by atoms with Gasteiger partial charge in [0.15, 0.2) is 0 Å². The van der Waals surface area contributed by atoms with E-state index >= 15 is 0 Å². The normalized spacial score (nSPS) is 27.4. The van der Waals surface area contributed by atoms with E-state index < -0.39 is 0 Å². The Morgan fingerprint density at radius 3 is 2.86 bits per heavy atom. The lowest BCUT2D eigenvalue weighted by molar-refractivity contribution is 0.0825. The Morgan fingerprint density at radius 2 is 2.21 bits per heavy atom. The molecule has 0 aromatic carbocycles. The Balaban J connectivity index is 2.15. The van der Waals surface area contributed by atoms with Crippen molar-refractivity contribution in [3.8, 4) is 0 Å². The van der Waals surface area contributed by atoms with Gasteiger partial charge in [0.2, 0.25) is 0 Å². The van der Waals surface area contributed by atoms with Gasteiger partial charge in [0.1, 0.15) is 0 Å². The minimum Gasteiger partial charge on any atom is -0.378 e. The fraction of sp³-hybridized carbons (Fsp3) is 1.00. The van der Waals surface area contributed by atoms with Crippen LogP contribution < -0.4 is 5.32 Å². The standard InChI is InChI=1S/C12H25NO/c1-4-5-12-11(6-7-14-12)9-13-8-10(2)3/h10-13H,4-9H2,1-3H3. The van der Waals surface area contributed by atoms with Crippen LogP contribution in [0.2, 0.25) is 0 Å². The van der Waals surface area contributed by atoms with Gasteiger partial charge < -0.3 is 10.1 Å². The predicted molar refractivity (Wildman–Crippen MR) is 60.5 cm³/mol. The highest BCUT2D eigenvalue weighted by Crippen LogP contribution is 2.23. The molecular weight excluding hydrogens is 174 g/mol. The van der Waals surface area contributed by atoms with Crippen LogP contribution >= 0.6 is 0 Å². The molecule has 1 saturated heterocycles. The lowest BCUT2D eigenvalue weighted by Crippen LogP contribution is -2.30. The summed E-state index contributed by atoms with van der Waals surface area (Å²) in [5, 5.41) is 3.54. The van der Waals surface area contributed by atoms with Crippen molar-refractivity contribution in [3.63, 3.8) is 0 Å². The first kappa shape index (κ1) is 12.0. The molecule has 0 bridgehead atoms. The first-order valence-corrected chi connectivity index (χ1v) is 6.06. The highest BCUT2D eigenvalue weighted by molar-refractivity contribution is 4.77. The van der Waals surface area contributed by atoms with Crippen molar-refractivity contribution in [2.45, 2.75) is 46.1 Å². The van der Waals surface area contributed by atoms with Crippen molar-refractivity contribution in [3.05, 3.63) is 0 Å². The third-order valence-electron chi connectivity index (χ3n) is 2.88. The zero-order valence-corrected chi connectivity index (χ0v) is 9.88. The number of hydrogen-bond donors (Lipinski definition) is 1. The molecule has 1 fully saturated rings. The van der Waals surface area contributed by atoms with E-state index in [1.807, 2.05) is 0 Å². The van der Waals surface area contributed by atoms with Crippen LogP contribution in [0.5, 0.6) is 0 Å². The van der Waals surface area contributed by atoms with Gasteiger partial charge in [-0.05, 0) is 31.2 Å². The highest BCUT2D eigenvalue weighted by atomic mass is 16.5. The van der Waals surface area contributed by atoms with Crippen LogP contribution in [0.3, 0.4) is 0 Å². The van der Waals surface area contributed by atoms with Crippen molar-refractivity contribution >= 4 is 0 Å². The van der Waals surface area contributed by atoms with Crippen molar-refractivity contribution in [2.75, 3.05) is 19.7 Å². The summed E-state index contributed by atoms with van der Waals surface area (Å²) < 4.78 is 5.72. The van der Waals surface area contributed by atoms with Crippen LogP contribution in [0.4, 0.5) is 0 Å². The van der Waals surface area contributed by atoms with E-state index in [4.69, 9.17) is 4.74 Å². The molecule has 1 aliphatic rings. The Kier molecular flexibility index (Phi) is 5.49. The number of rotatable bonds is 6. The summed E-state index contributed by atoms with van der Waals surface area (Å²) in [6.45, 7) is 9.99. The lowest BCUT2D eigenvalue weighted by Gasteiger charge is -2.18. The molecule has 1 aliphatic heterocycles. The van der Waals surface area contributed by atoms with Gasteiger partial charge in [-0.25, -0.2) is 0 Å². The van der Waals surface area contributed by atoms with Crippen molar-refractivity contribution in [2.24, 2.45) is 11.8 Å². The SMILES string of the molecule is CCCC1OCCC1CNCC(C)C. The monoisotopic (exact) mass is 199 g/mol. The zero-order valence-electron chi connectivity index (χ0n) is 9.88. The van der Waals surface area contributed by atoms with Crippen molar-refractivity contribution in [1.82, 2.24) is 5.32 Å². The Hall–Kier alpha value is -0.0800. The van der Waals surface area contributed by atoms with E-state index in [1.165, 1.54) is 19.3 Å². The highest BCUT2D eigenvalue weighted by Gasteiger charge is 2.26. The second-order valence-electron chi connectivity index (χ2n) is 4.80. The third kappa shape index (κ3) is 3.97. The smallest absolute Gasteiger partial charge is 0.0616 e. The van der Waals surface area contributed by atoms with Gasteiger partial charge in [0, 0.05) is 13.2 Å². The summed E-state index contributed by atoms with van der Waals surface area (Å²) in [7, 11) is 0. The Labute approximate surface area is 88.4 Å². The van der Waals surface area contributed by atoms with Crippen molar-refractivity contribution < 1.29 is 4.74 Å². The van der Waals surface area contributed by atoms with Crippen LogP contribution in [0, 0.1) is 11.8 Å². The number of ether oxygens (including phenoxy) is 1. The zero-order chi connectivity index (χ0) is 10.4. The van der Waals surface area contributed by atoms with Crippen LogP contribution in [-0.4, -0.2) is 25.8 Å². The van der Waals surface area contributed by atoms with Gasteiger partial charge in [-0.2, -0.15) is 0 Å². The van der Waals surface area contributed by atoms with Gasteiger partial charge in [-0.3, -0.25) is 0 Å². The molecule has 2 unspecified atom stereocenters. The number of hydrogen-bond acceptors (Lipinski definition) is 2. The number of nitrogens with one attached hydrogen (secondary N) is 1.